The lowest BCUT2D eigenvalue weighted by atomic mass is 10.3. The summed E-state index contributed by atoms with van der Waals surface area (Å²) in [6, 6.07) is 1.61. The highest BCUT2D eigenvalue weighted by atomic mass is 35.5. The zero-order chi connectivity index (χ0) is 16.9. The van der Waals surface area contributed by atoms with Gasteiger partial charge in [-0.15, -0.1) is 0 Å². The number of amidine groups is 1. The first-order chi connectivity index (χ1) is 10.8. The lowest BCUT2D eigenvalue weighted by Crippen LogP contribution is -2.34. The molecular formula is C10H14ClN7O4S. The predicted molar refractivity (Wildman–Crippen MR) is 81.3 cm³/mol. The minimum absolute atomic E-state index is 0.0385. The molecule has 23 heavy (non-hydrogen) atoms. The van der Waals surface area contributed by atoms with Crippen molar-refractivity contribution >= 4 is 33.5 Å². The average molecular weight is 364 g/mol. The third kappa shape index (κ3) is 5.52. The molecule has 11 nitrogen and oxygen atoms in total. The van der Waals surface area contributed by atoms with Crippen LogP contribution in [0.2, 0.25) is 5.02 Å². The highest BCUT2D eigenvalue weighted by molar-refractivity contribution is 7.87. The molecule has 0 atom stereocenters. The molecule has 0 spiro atoms. The van der Waals surface area contributed by atoms with Crippen LogP contribution in [0.1, 0.15) is 11.5 Å². The van der Waals surface area contributed by atoms with Gasteiger partial charge in [0.2, 0.25) is 5.82 Å². The van der Waals surface area contributed by atoms with Gasteiger partial charge in [-0.05, 0) is 10.3 Å². The fourth-order valence-electron chi connectivity index (χ4n) is 1.55. The molecular weight excluding hydrogens is 350 g/mol. The standard InChI is InChI=1S/C10H14ClN7O4S/c11-6-3-7(21-5-6)4-15-9(12)8-10(18-22-17-8)14-1-2-16-23(13,19)20/h3,5,16H,1-2,4H2,(H2,12,15)(H,14,18)(H2,13,19,20). The van der Waals surface area contributed by atoms with E-state index < -0.39 is 10.2 Å². The lowest BCUT2D eigenvalue weighted by Gasteiger charge is -2.06. The van der Waals surface area contributed by atoms with Gasteiger partial charge < -0.3 is 15.1 Å². The van der Waals surface area contributed by atoms with Crippen LogP contribution in [-0.4, -0.2) is 37.7 Å². The van der Waals surface area contributed by atoms with Crippen molar-refractivity contribution in [3.05, 3.63) is 28.8 Å². The van der Waals surface area contributed by atoms with Crippen LogP contribution < -0.4 is 20.5 Å². The second-order valence-electron chi connectivity index (χ2n) is 4.29. The molecule has 0 aromatic carbocycles. The van der Waals surface area contributed by atoms with Crippen molar-refractivity contribution in [3.8, 4) is 0 Å². The summed E-state index contributed by atoms with van der Waals surface area (Å²) in [7, 11) is -3.75. The van der Waals surface area contributed by atoms with Gasteiger partial charge in [-0.2, -0.15) is 8.42 Å². The largest absolute Gasteiger partial charge is 0.466 e. The SMILES string of the molecule is N=C(NCc1cc(Cl)co1)c1nonc1NCCNS(N)(=O)=O. The van der Waals surface area contributed by atoms with Gasteiger partial charge in [0.05, 0.1) is 11.6 Å². The monoisotopic (exact) mass is 363 g/mol. The van der Waals surface area contributed by atoms with Gasteiger partial charge in [0.25, 0.3) is 10.2 Å². The maximum absolute atomic E-state index is 10.7. The van der Waals surface area contributed by atoms with Crippen LogP contribution in [0.3, 0.4) is 0 Å². The van der Waals surface area contributed by atoms with Crippen LogP contribution in [0.4, 0.5) is 5.82 Å². The van der Waals surface area contributed by atoms with E-state index in [0.29, 0.717) is 10.8 Å². The Bertz CT molecular complexity index is 772. The number of rotatable bonds is 8. The van der Waals surface area contributed by atoms with Gasteiger partial charge in [0.15, 0.2) is 11.5 Å². The van der Waals surface area contributed by atoms with E-state index in [1.807, 2.05) is 0 Å². The second-order valence-corrected chi connectivity index (χ2v) is 6.10. The molecule has 2 heterocycles. The quantitative estimate of drug-likeness (QED) is 0.240. The number of hydrogen-bond donors (Lipinski definition) is 5. The Morgan fingerprint density at radius 2 is 2.17 bits per heavy atom. The summed E-state index contributed by atoms with van der Waals surface area (Å²) < 4.78 is 33.2. The number of aromatic nitrogens is 2. The van der Waals surface area contributed by atoms with Crippen LogP contribution in [0.15, 0.2) is 21.4 Å². The molecule has 0 radical (unpaired) electrons. The Kier molecular flexibility index (Phi) is 5.54. The van der Waals surface area contributed by atoms with E-state index in [1.165, 1.54) is 6.26 Å². The van der Waals surface area contributed by atoms with Gasteiger partial charge in [-0.1, -0.05) is 11.6 Å². The van der Waals surface area contributed by atoms with Crippen LogP contribution in [-0.2, 0) is 16.8 Å². The minimum Gasteiger partial charge on any atom is -0.466 e. The Labute approximate surface area is 136 Å². The highest BCUT2D eigenvalue weighted by Crippen LogP contribution is 2.13. The van der Waals surface area contributed by atoms with Crippen LogP contribution in [0.5, 0.6) is 0 Å². The summed E-state index contributed by atoms with van der Waals surface area (Å²) in [6.07, 6.45) is 1.38. The Morgan fingerprint density at radius 1 is 1.39 bits per heavy atom. The van der Waals surface area contributed by atoms with Crippen LogP contribution in [0.25, 0.3) is 0 Å². The van der Waals surface area contributed by atoms with E-state index in [-0.39, 0.29) is 37.0 Å². The first-order valence-corrected chi connectivity index (χ1v) is 8.17. The minimum atomic E-state index is -3.75. The maximum atomic E-state index is 10.7. The molecule has 0 saturated carbocycles. The van der Waals surface area contributed by atoms with Crippen molar-refractivity contribution in [2.45, 2.75) is 6.54 Å². The van der Waals surface area contributed by atoms with Gasteiger partial charge in [-0.25, -0.2) is 14.5 Å². The highest BCUT2D eigenvalue weighted by Gasteiger charge is 2.15. The van der Waals surface area contributed by atoms with Crippen molar-refractivity contribution in [1.82, 2.24) is 20.4 Å². The van der Waals surface area contributed by atoms with Gasteiger partial charge in [0.1, 0.15) is 12.0 Å². The molecule has 0 bridgehead atoms. The number of nitrogens with two attached hydrogens (primary N) is 1. The third-order valence-corrected chi connectivity index (χ3v) is 3.31. The zero-order valence-electron chi connectivity index (χ0n) is 11.7. The first kappa shape index (κ1) is 17.2. The summed E-state index contributed by atoms with van der Waals surface area (Å²) in [5.74, 6) is 0.681. The summed E-state index contributed by atoms with van der Waals surface area (Å²) in [6.45, 7) is 0.445. The van der Waals surface area contributed by atoms with E-state index in [4.69, 9.17) is 26.6 Å². The Balaban J connectivity index is 1.85. The molecule has 2 rings (SSSR count). The number of furan rings is 1. The van der Waals surface area contributed by atoms with Gasteiger partial charge in [0, 0.05) is 19.2 Å². The number of nitrogens with zero attached hydrogens (tertiary/aromatic N) is 2. The Morgan fingerprint density at radius 3 is 2.83 bits per heavy atom. The predicted octanol–water partition coefficient (Wildman–Crippen LogP) is -0.364. The molecule has 0 amide bonds. The normalized spacial score (nSPS) is 11.4. The molecule has 0 aliphatic heterocycles. The maximum Gasteiger partial charge on any atom is 0.274 e. The van der Waals surface area contributed by atoms with Crippen molar-refractivity contribution in [2.75, 3.05) is 18.4 Å². The average Bonchev–Trinajstić information content (AvgIpc) is 3.09. The molecule has 0 saturated heterocycles. The smallest absolute Gasteiger partial charge is 0.274 e. The molecule has 6 N–H and O–H groups in total. The first-order valence-electron chi connectivity index (χ1n) is 6.24. The Hall–Kier alpha value is -2.15. The van der Waals surface area contributed by atoms with E-state index >= 15 is 0 Å². The molecule has 0 fully saturated rings. The van der Waals surface area contributed by atoms with Crippen LogP contribution >= 0.6 is 11.6 Å². The van der Waals surface area contributed by atoms with E-state index in [0.717, 1.165) is 0 Å². The molecule has 0 aliphatic carbocycles. The van der Waals surface area contributed by atoms with Crippen molar-refractivity contribution in [3.63, 3.8) is 0 Å². The fourth-order valence-corrected chi connectivity index (χ4v) is 2.10. The summed E-state index contributed by atoms with van der Waals surface area (Å²) in [5.41, 5.74) is 0.137. The van der Waals surface area contributed by atoms with E-state index in [9.17, 15) is 8.42 Å². The summed E-state index contributed by atoms with van der Waals surface area (Å²) >= 11 is 5.72. The number of anilines is 1. The summed E-state index contributed by atoms with van der Waals surface area (Å²) in [5, 5.41) is 25.9. The number of hydrogen-bond acceptors (Lipinski definition) is 8. The molecule has 2 aromatic heterocycles. The molecule has 13 heteroatoms. The number of halogens is 1. The third-order valence-electron chi connectivity index (χ3n) is 2.51. The van der Waals surface area contributed by atoms with Gasteiger partial charge >= 0.3 is 0 Å². The fraction of sp³-hybridized carbons (Fsp3) is 0.300. The number of nitrogens with one attached hydrogen (secondary N) is 4. The van der Waals surface area contributed by atoms with E-state index in [1.54, 1.807) is 6.07 Å². The van der Waals surface area contributed by atoms with Crippen molar-refractivity contribution in [1.29, 1.82) is 5.41 Å². The molecule has 126 valence electrons. The lowest BCUT2D eigenvalue weighted by molar-refractivity contribution is 0.307. The van der Waals surface area contributed by atoms with Gasteiger partial charge in [-0.3, -0.25) is 5.41 Å². The molecule has 2 aromatic rings. The molecule has 0 aliphatic rings. The second kappa shape index (κ2) is 7.41. The van der Waals surface area contributed by atoms with Crippen molar-refractivity contribution in [2.24, 2.45) is 5.14 Å². The van der Waals surface area contributed by atoms with E-state index in [2.05, 4.69) is 30.3 Å². The zero-order valence-corrected chi connectivity index (χ0v) is 13.2. The van der Waals surface area contributed by atoms with Crippen LogP contribution in [0, 0.1) is 5.41 Å². The van der Waals surface area contributed by atoms with Crippen molar-refractivity contribution < 1.29 is 17.5 Å². The molecule has 0 unspecified atom stereocenters. The topological polar surface area (TPSA) is 172 Å². The summed E-state index contributed by atoms with van der Waals surface area (Å²) in [4.78, 5) is 0.